The minimum Gasteiger partial charge on any atom is -0.361 e. The number of nitrogens with one attached hydrogen (secondary N) is 2. The van der Waals surface area contributed by atoms with Crippen LogP contribution in [0.3, 0.4) is 0 Å². The topological polar surface area (TPSA) is 27.3 Å². The highest BCUT2D eigenvalue weighted by molar-refractivity contribution is 7.80. The van der Waals surface area contributed by atoms with Crippen LogP contribution < -0.4 is 15.8 Å². The molecule has 0 saturated heterocycles. The fraction of sp³-hybridized carbons (Fsp3) is 0.278. The molecule has 0 unspecified atom stereocenters. The maximum atomic E-state index is 5.40. The Balaban J connectivity index is 2.04. The number of anilines is 1. The number of thiocarbonyl (C=S) groups is 1. The van der Waals surface area contributed by atoms with Crippen molar-refractivity contribution >= 4 is 23.0 Å². The van der Waals surface area contributed by atoms with Gasteiger partial charge in [0.2, 0.25) is 0 Å². The Morgan fingerprint density at radius 2 is 1.64 bits per heavy atom. The average molecular weight is 313 g/mol. The smallest absolute Gasteiger partial charge is 0.185 e. The van der Waals surface area contributed by atoms with Crippen LogP contribution in [0.4, 0.5) is 5.69 Å². The Bertz CT molecular complexity index is 557. The number of hydrogen-bond acceptors (Lipinski definition) is 2. The van der Waals surface area contributed by atoms with Gasteiger partial charge in [-0.05, 0) is 36.3 Å². The van der Waals surface area contributed by atoms with E-state index in [0.29, 0.717) is 5.11 Å². The summed E-state index contributed by atoms with van der Waals surface area (Å²) in [5.41, 5.74) is 5.61. The minimum absolute atomic E-state index is 0.660. The summed E-state index contributed by atoms with van der Waals surface area (Å²) in [5.74, 6) is 0. The normalized spacial score (nSPS) is 10.0. The Labute approximate surface area is 138 Å². The fourth-order valence-electron chi connectivity index (χ4n) is 2.11. The molecular formula is C18H23N3S. The highest BCUT2D eigenvalue weighted by atomic mass is 32.1. The molecule has 0 amide bonds. The van der Waals surface area contributed by atoms with Crippen molar-refractivity contribution < 1.29 is 0 Å². The first-order valence-corrected chi connectivity index (χ1v) is 8.11. The van der Waals surface area contributed by atoms with Crippen LogP contribution in [0.1, 0.15) is 25.3 Å². The van der Waals surface area contributed by atoms with Gasteiger partial charge in [0.15, 0.2) is 5.11 Å². The van der Waals surface area contributed by atoms with Crippen LogP contribution in [0, 0.1) is 0 Å². The summed E-state index contributed by atoms with van der Waals surface area (Å²) in [6.45, 7) is 3.82. The predicted molar refractivity (Wildman–Crippen MR) is 97.7 cm³/mol. The zero-order chi connectivity index (χ0) is 15.6. The zero-order valence-corrected chi connectivity index (χ0v) is 13.8. The third-order valence-corrected chi connectivity index (χ3v) is 3.54. The van der Waals surface area contributed by atoms with Crippen molar-refractivity contribution in [2.45, 2.75) is 26.3 Å². The number of hydrazine groups is 1. The van der Waals surface area contributed by atoms with Crippen LogP contribution in [-0.2, 0) is 6.54 Å². The lowest BCUT2D eigenvalue weighted by atomic mass is 10.2. The maximum absolute atomic E-state index is 5.40. The van der Waals surface area contributed by atoms with Gasteiger partial charge in [-0.25, -0.2) is 0 Å². The summed E-state index contributed by atoms with van der Waals surface area (Å²) >= 11 is 5.40. The summed E-state index contributed by atoms with van der Waals surface area (Å²) in [6, 6.07) is 20.6. The third-order valence-electron chi connectivity index (χ3n) is 3.30. The van der Waals surface area contributed by atoms with Gasteiger partial charge in [-0.1, -0.05) is 61.9 Å². The maximum Gasteiger partial charge on any atom is 0.185 e. The van der Waals surface area contributed by atoms with E-state index in [1.54, 1.807) is 0 Å². The largest absolute Gasteiger partial charge is 0.361 e. The Hall–Kier alpha value is -2.07. The van der Waals surface area contributed by atoms with E-state index in [1.165, 1.54) is 5.56 Å². The molecule has 2 aromatic rings. The first-order valence-electron chi connectivity index (χ1n) is 7.70. The van der Waals surface area contributed by atoms with Gasteiger partial charge >= 0.3 is 0 Å². The molecular weight excluding hydrogens is 290 g/mol. The number of unbranched alkanes of at least 4 members (excludes halogenated alkanes) is 1. The zero-order valence-electron chi connectivity index (χ0n) is 13.0. The van der Waals surface area contributed by atoms with E-state index < -0.39 is 0 Å². The SMILES string of the molecule is CCCCNC(=S)NN(Cc1ccccc1)c1ccccc1. The van der Waals surface area contributed by atoms with Crippen molar-refractivity contribution in [3.05, 3.63) is 66.2 Å². The summed E-state index contributed by atoms with van der Waals surface area (Å²) < 4.78 is 0. The predicted octanol–water partition coefficient (Wildman–Crippen LogP) is 3.87. The van der Waals surface area contributed by atoms with Crippen molar-refractivity contribution in [2.24, 2.45) is 0 Å². The molecule has 0 saturated carbocycles. The van der Waals surface area contributed by atoms with Gasteiger partial charge in [-0.15, -0.1) is 0 Å². The van der Waals surface area contributed by atoms with Crippen LogP contribution in [0.15, 0.2) is 60.7 Å². The standard InChI is InChI=1S/C18H23N3S/c1-2-3-14-19-18(22)20-21(17-12-8-5-9-13-17)15-16-10-6-4-7-11-16/h4-13H,2-3,14-15H2,1H3,(H2,19,20,22). The highest BCUT2D eigenvalue weighted by Gasteiger charge is 2.08. The van der Waals surface area contributed by atoms with E-state index in [0.717, 1.165) is 31.6 Å². The quantitative estimate of drug-likeness (QED) is 0.461. The van der Waals surface area contributed by atoms with Gasteiger partial charge in [0, 0.05) is 6.54 Å². The molecule has 0 heterocycles. The highest BCUT2D eigenvalue weighted by Crippen LogP contribution is 2.14. The van der Waals surface area contributed by atoms with Gasteiger partial charge in [0.05, 0.1) is 12.2 Å². The molecule has 0 aliphatic heterocycles. The molecule has 0 atom stereocenters. The van der Waals surface area contributed by atoms with E-state index in [2.05, 4.69) is 59.1 Å². The fourth-order valence-corrected chi connectivity index (χ4v) is 2.32. The molecule has 22 heavy (non-hydrogen) atoms. The number of benzene rings is 2. The minimum atomic E-state index is 0.660. The van der Waals surface area contributed by atoms with Crippen LogP contribution in [0.2, 0.25) is 0 Å². The number of para-hydroxylation sites is 1. The van der Waals surface area contributed by atoms with Gasteiger partial charge < -0.3 is 5.32 Å². The second kappa shape index (κ2) is 9.05. The first-order chi connectivity index (χ1) is 10.8. The van der Waals surface area contributed by atoms with Crippen molar-refractivity contribution in [3.63, 3.8) is 0 Å². The number of hydrogen-bond donors (Lipinski definition) is 2. The van der Waals surface area contributed by atoms with E-state index >= 15 is 0 Å². The van der Waals surface area contributed by atoms with Gasteiger partial charge in [-0.2, -0.15) is 0 Å². The lowest BCUT2D eigenvalue weighted by Gasteiger charge is -2.27. The van der Waals surface area contributed by atoms with E-state index in [1.807, 2.05) is 24.3 Å². The van der Waals surface area contributed by atoms with Crippen LogP contribution in [0.5, 0.6) is 0 Å². The molecule has 2 aromatic carbocycles. The Morgan fingerprint density at radius 3 is 2.27 bits per heavy atom. The second-order valence-electron chi connectivity index (χ2n) is 5.13. The van der Waals surface area contributed by atoms with Crippen molar-refractivity contribution in [3.8, 4) is 0 Å². The second-order valence-corrected chi connectivity index (χ2v) is 5.54. The molecule has 0 aliphatic carbocycles. The van der Waals surface area contributed by atoms with E-state index in [4.69, 9.17) is 12.2 Å². The molecule has 2 N–H and O–H groups in total. The van der Waals surface area contributed by atoms with Crippen molar-refractivity contribution in [1.82, 2.24) is 10.7 Å². The molecule has 0 spiro atoms. The Morgan fingerprint density at radius 1 is 1.00 bits per heavy atom. The summed E-state index contributed by atoms with van der Waals surface area (Å²) in [4.78, 5) is 0. The monoisotopic (exact) mass is 313 g/mol. The van der Waals surface area contributed by atoms with Crippen LogP contribution in [-0.4, -0.2) is 11.7 Å². The van der Waals surface area contributed by atoms with Crippen molar-refractivity contribution in [1.29, 1.82) is 0 Å². The summed E-state index contributed by atoms with van der Waals surface area (Å²) in [6.07, 6.45) is 2.27. The molecule has 0 bridgehead atoms. The summed E-state index contributed by atoms with van der Waals surface area (Å²) in [7, 11) is 0. The first kappa shape index (κ1) is 16.3. The number of nitrogens with zero attached hydrogens (tertiary/aromatic N) is 1. The molecule has 4 heteroatoms. The van der Waals surface area contributed by atoms with Gasteiger partial charge in [0.25, 0.3) is 0 Å². The van der Waals surface area contributed by atoms with Crippen LogP contribution >= 0.6 is 12.2 Å². The molecule has 0 radical (unpaired) electrons. The lowest BCUT2D eigenvalue weighted by Crippen LogP contribution is -2.47. The van der Waals surface area contributed by atoms with Gasteiger partial charge in [0.1, 0.15) is 0 Å². The van der Waals surface area contributed by atoms with Crippen LogP contribution in [0.25, 0.3) is 0 Å². The Kier molecular flexibility index (Phi) is 6.71. The molecule has 0 aliphatic rings. The molecule has 2 rings (SSSR count). The van der Waals surface area contributed by atoms with E-state index in [9.17, 15) is 0 Å². The summed E-state index contributed by atoms with van der Waals surface area (Å²) in [5, 5.41) is 5.97. The molecule has 3 nitrogen and oxygen atoms in total. The average Bonchev–Trinajstić information content (AvgIpc) is 2.56. The molecule has 0 aromatic heterocycles. The molecule has 0 fully saturated rings. The van der Waals surface area contributed by atoms with Gasteiger partial charge in [-0.3, -0.25) is 10.4 Å². The van der Waals surface area contributed by atoms with Crippen molar-refractivity contribution in [2.75, 3.05) is 11.6 Å². The van der Waals surface area contributed by atoms with E-state index in [-0.39, 0.29) is 0 Å². The lowest BCUT2D eigenvalue weighted by molar-refractivity contribution is 0.711. The number of rotatable bonds is 7. The molecule has 116 valence electrons. The third kappa shape index (κ3) is 5.37.